The Morgan fingerprint density at radius 2 is 0.900 bits per heavy atom. The standard InChI is InChI=1S/C12H30N6O2/c19-7-5-17-9-13-1-2-14-10-18(6-8-20)12-16-4-3-15-11-17/h13-16,19-20H,1-12H2. The molecule has 20 heavy (non-hydrogen) atoms. The van der Waals surface area contributed by atoms with Gasteiger partial charge in [0.1, 0.15) is 0 Å². The summed E-state index contributed by atoms with van der Waals surface area (Å²) in [6.45, 7) is 8.27. The molecule has 1 saturated heterocycles. The van der Waals surface area contributed by atoms with Crippen LogP contribution in [0.5, 0.6) is 0 Å². The number of nitrogens with one attached hydrogen (secondary N) is 4. The molecule has 1 fully saturated rings. The van der Waals surface area contributed by atoms with E-state index in [1.165, 1.54) is 0 Å². The molecule has 0 spiro atoms. The lowest BCUT2D eigenvalue weighted by Gasteiger charge is -2.25. The molecule has 1 rings (SSSR count). The third-order valence-electron chi connectivity index (χ3n) is 3.13. The summed E-state index contributed by atoms with van der Waals surface area (Å²) in [6.07, 6.45) is 0. The number of hydrogen-bond acceptors (Lipinski definition) is 8. The lowest BCUT2D eigenvalue weighted by Crippen LogP contribution is -2.48. The van der Waals surface area contributed by atoms with Gasteiger partial charge < -0.3 is 31.5 Å². The SMILES string of the molecule is OCCN1CNCCNCN(CCO)CNCCNC1. The van der Waals surface area contributed by atoms with Crippen LogP contribution in [0.3, 0.4) is 0 Å². The van der Waals surface area contributed by atoms with E-state index >= 15 is 0 Å². The average molecular weight is 290 g/mol. The van der Waals surface area contributed by atoms with Gasteiger partial charge in [-0.1, -0.05) is 0 Å². The first kappa shape index (κ1) is 17.7. The van der Waals surface area contributed by atoms with Gasteiger partial charge in [0.15, 0.2) is 0 Å². The Bertz CT molecular complexity index is 184. The summed E-state index contributed by atoms with van der Waals surface area (Å²) < 4.78 is 0. The van der Waals surface area contributed by atoms with Gasteiger partial charge in [0.25, 0.3) is 0 Å². The van der Waals surface area contributed by atoms with Crippen LogP contribution < -0.4 is 21.3 Å². The first-order valence-corrected chi connectivity index (χ1v) is 7.36. The van der Waals surface area contributed by atoms with Crippen LogP contribution in [-0.4, -0.2) is 99.2 Å². The number of β-amino-alcohol motifs (C(OH)–C–C–N with tert-alkyl or cyclic N) is 2. The Hall–Kier alpha value is -0.320. The van der Waals surface area contributed by atoms with Crippen molar-refractivity contribution >= 4 is 0 Å². The number of rotatable bonds is 4. The molecule has 8 nitrogen and oxygen atoms in total. The molecule has 0 aromatic carbocycles. The molecule has 0 bridgehead atoms. The maximum absolute atomic E-state index is 9.02. The van der Waals surface area contributed by atoms with E-state index in [2.05, 4.69) is 31.1 Å². The van der Waals surface area contributed by atoms with Crippen molar-refractivity contribution in [2.75, 3.05) is 79.2 Å². The molecule has 0 aromatic rings. The zero-order valence-corrected chi connectivity index (χ0v) is 12.3. The monoisotopic (exact) mass is 290 g/mol. The van der Waals surface area contributed by atoms with Crippen molar-refractivity contribution in [3.8, 4) is 0 Å². The van der Waals surface area contributed by atoms with Crippen LogP contribution in [-0.2, 0) is 0 Å². The summed E-state index contributed by atoms with van der Waals surface area (Å²) in [5.74, 6) is 0. The highest BCUT2D eigenvalue weighted by Gasteiger charge is 2.05. The molecule has 6 N–H and O–H groups in total. The molecule has 0 radical (unpaired) electrons. The summed E-state index contributed by atoms with van der Waals surface area (Å²) >= 11 is 0. The highest BCUT2D eigenvalue weighted by Crippen LogP contribution is 1.84. The normalized spacial score (nSPS) is 22.5. The van der Waals surface area contributed by atoms with Gasteiger partial charge in [0.2, 0.25) is 0 Å². The Morgan fingerprint density at radius 1 is 0.600 bits per heavy atom. The van der Waals surface area contributed by atoms with E-state index in [9.17, 15) is 0 Å². The first-order valence-electron chi connectivity index (χ1n) is 7.36. The molecule has 1 heterocycles. The van der Waals surface area contributed by atoms with Gasteiger partial charge in [-0.3, -0.25) is 9.80 Å². The van der Waals surface area contributed by atoms with E-state index in [1.54, 1.807) is 0 Å². The van der Waals surface area contributed by atoms with E-state index < -0.39 is 0 Å². The molecule has 8 heteroatoms. The van der Waals surface area contributed by atoms with Crippen molar-refractivity contribution in [1.82, 2.24) is 31.1 Å². The molecule has 0 unspecified atom stereocenters. The van der Waals surface area contributed by atoms with Gasteiger partial charge in [0.05, 0.1) is 13.2 Å². The zero-order valence-electron chi connectivity index (χ0n) is 12.3. The average Bonchev–Trinajstić information content (AvgIpc) is 2.45. The van der Waals surface area contributed by atoms with Crippen LogP contribution in [0.2, 0.25) is 0 Å². The highest BCUT2D eigenvalue weighted by molar-refractivity contribution is 4.61. The summed E-state index contributed by atoms with van der Waals surface area (Å²) in [6, 6.07) is 0. The molecular weight excluding hydrogens is 260 g/mol. The van der Waals surface area contributed by atoms with Crippen LogP contribution in [0, 0.1) is 0 Å². The van der Waals surface area contributed by atoms with Gasteiger partial charge in [-0.15, -0.1) is 0 Å². The van der Waals surface area contributed by atoms with E-state index in [0.717, 1.165) is 52.9 Å². The maximum Gasteiger partial charge on any atom is 0.0559 e. The van der Waals surface area contributed by atoms with Crippen molar-refractivity contribution in [2.45, 2.75) is 0 Å². The fourth-order valence-electron chi connectivity index (χ4n) is 2.01. The minimum atomic E-state index is 0.177. The Morgan fingerprint density at radius 3 is 1.15 bits per heavy atom. The minimum absolute atomic E-state index is 0.177. The molecule has 0 atom stereocenters. The second-order valence-corrected chi connectivity index (χ2v) is 4.87. The number of hydrogen-bond donors (Lipinski definition) is 6. The molecule has 0 saturated carbocycles. The lowest BCUT2D eigenvalue weighted by molar-refractivity contribution is 0.164. The van der Waals surface area contributed by atoms with Crippen LogP contribution in [0.25, 0.3) is 0 Å². The fraction of sp³-hybridized carbons (Fsp3) is 1.00. The maximum atomic E-state index is 9.02. The molecule has 0 amide bonds. The second kappa shape index (κ2) is 12.4. The van der Waals surface area contributed by atoms with E-state index in [4.69, 9.17) is 10.2 Å². The van der Waals surface area contributed by atoms with Crippen LogP contribution in [0.15, 0.2) is 0 Å². The van der Waals surface area contributed by atoms with Gasteiger partial charge in [-0.05, 0) is 0 Å². The fourth-order valence-corrected chi connectivity index (χ4v) is 2.01. The van der Waals surface area contributed by atoms with Crippen LogP contribution in [0.1, 0.15) is 0 Å². The van der Waals surface area contributed by atoms with Crippen LogP contribution in [0.4, 0.5) is 0 Å². The molecule has 120 valence electrons. The molecule has 0 aliphatic carbocycles. The van der Waals surface area contributed by atoms with Crippen LogP contribution >= 0.6 is 0 Å². The van der Waals surface area contributed by atoms with E-state index in [0.29, 0.717) is 13.1 Å². The molecule has 0 aromatic heterocycles. The van der Waals surface area contributed by atoms with Gasteiger partial charge in [-0.25, -0.2) is 0 Å². The Balaban J connectivity index is 2.29. The summed E-state index contributed by atoms with van der Waals surface area (Å²) in [5.41, 5.74) is 0. The van der Waals surface area contributed by atoms with Gasteiger partial charge >= 0.3 is 0 Å². The topological polar surface area (TPSA) is 95.1 Å². The van der Waals surface area contributed by atoms with Crippen molar-refractivity contribution < 1.29 is 10.2 Å². The van der Waals surface area contributed by atoms with Crippen molar-refractivity contribution in [1.29, 1.82) is 0 Å². The lowest BCUT2D eigenvalue weighted by atomic mass is 10.5. The second-order valence-electron chi connectivity index (χ2n) is 4.87. The highest BCUT2D eigenvalue weighted by atomic mass is 16.3. The summed E-state index contributed by atoms with van der Waals surface area (Å²) in [4.78, 5) is 4.29. The molecule has 1 aliphatic heterocycles. The van der Waals surface area contributed by atoms with Crippen molar-refractivity contribution in [2.24, 2.45) is 0 Å². The molecule has 1 aliphatic rings. The summed E-state index contributed by atoms with van der Waals surface area (Å²) in [5, 5.41) is 31.4. The Kier molecular flexibility index (Phi) is 11.0. The summed E-state index contributed by atoms with van der Waals surface area (Å²) in [7, 11) is 0. The third kappa shape index (κ3) is 8.77. The number of aliphatic hydroxyl groups excluding tert-OH is 2. The van der Waals surface area contributed by atoms with E-state index in [-0.39, 0.29) is 13.2 Å². The largest absolute Gasteiger partial charge is 0.395 e. The van der Waals surface area contributed by atoms with Gasteiger partial charge in [0, 0.05) is 65.9 Å². The minimum Gasteiger partial charge on any atom is -0.395 e. The zero-order chi connectivity index (χ0) is 14.5. The smallest absolute Gasteiger partial charge is 0.0559 e. The van der Waals surface area contributed by atoms with Crippen molar-refractivity contribution in [3.05, 3.63) is 0 Å². The quantitative estimate of drug-likeness (QED) is 0.322. The predicted octanol–water partition coefficient (Wildman–Crippen LogP) is -3.22. The first-order chi connectivity index (χ1) is 9.86. The third-order valence-corrected chi connectivity index (χ3v) is 3.13. The van der Waals surface area contributed by atoms with Gasteiger partial charge in [-0.2, -0.15) is 0 Å². The van der Waals surface area contributed by atoms with Crippen molar-refractivity contribution in [3.63, 3.8) is 0 Å². The van der Waals surface area contributed by atoms with E-state index in [1.807, 2.05) is 0 Å². The molecular formula is C12H30N6O2. The number of nitrogens with zero attached hydrogens (tertiary/aromatic N) is 2. The predicted molar refractivity (Wildman–Crippen MR) is 79.1 cm³/mol. The number of aliphatic hydroxyl groups is 2. The Labute approximate surface area is 121 Å².